The lowest BCUT2D eigenvalue weighted by Gasteiger charge is -2.20. The molecule has 0 radical (unpaired) electrons. The molecule has 1 N–H and O–H groups in total. The number of ether oxygens (including phenoxy) is 1. The van der Waals surface area contributed by atoms with Gasteiger partial charge >= 0.3 is 27.1 Å². The third-order valence-corrected chi connectivity index (χ3v) is 7.13. The van der Waals surface area contributed by atoms with Crippen molar-refractivity contribution < 1.29 is 56.7 Å². The van der Waals surface area contributed by atoms with Crippen molar-refractivity contribution in [3.8, 4) is 0 Å². The summed E-state index contributed by atoms with van der Waals surface area (Å²) in [5.74, 6) is -1.82. The first kappa shape index (κ1) is 31.3. The zero-order valence-electron chi connectivity index (χ0n) is 18.4. The number of rotatable bonds is 16. The molecule has 0 spiro atoms. The van der Waals surface area contributed by atoms with Gasteiger partial charge in [0.1, 0.15) is 0 Å². The number of carbonyl (C=O) groups excluding carboxylic acids is 1. The molecule has 0 heterocycles. The van der Waals surface area contributed by atoms with Gasteiger partial charge in [-0.05, 0) is 12.8 Å². The second kappa shape index (κ2) is 17.8. The summed E-state index contributed by atoms with van der Waals surface area (Å²) in [6.07, 6.45) is 2.93. The SMILES string of the molecule is CCCCC(C(=O)O)P(=O)(OC)OC.CCCCOC(=O)CP(=O)(OOC)OOC. The van der Waals surface area contributed by atoms with Gasteiger partial charge in [0.2, 0.25) is 0 Å². The molecule has 0 bridgehead atoms. The topological polar surface area (TPSA) is 153 Å². The number of hydrogen-bond acceptors (Lipinski definition) is 11. The first-order chi connectivity index (χ1) is 14.1. The van der Waals surface area contributed by atoms with Crippen molar-refractivity contribution >= 4 is 27.1 Å². The highest BCUT2D eigenvalue weighted by molar-refractivity contribution is 7.55. The quantitative estimate of drug-likeness (QED) is 0.112. The predicted molar refractivity (Wildman–Crippen MR) is 107 cm³/mol. The average Bonchev–Trinajstić information content (AvgIpc) is 2.68. The second-order valence-electron chi connectivity index (χ2n) is 5.73. The van der Waals surface area contributed by atoms with Gasteiger partial charge in [-0.1, -0.05) is 33.1 Å². The van der Waals surface area contributed by atoms with E-state index in [0.717, 1.165) is 33.5 Å². The van der Waals surface area contributed by atoms with Crippen molar-refractivity contribution in [1.29, 1.82) is 0 Å². The van der Waals surface area contributed by atoms with Gasteiger partial charge in [0.25, 0.3) is 0 Å². The van der Waals surface area contributed by atoms with Crippen LogP contribution in [0.1, 0.15) is 46.0 Å². The predicted octanol–water partition coefficient (Wildman–Crippen LogP) is 3.79. The maximum atomic E-state index is 11.8. The zero-order valence-corrected chi connectivity index (χ0v) is 20.1. The summed E-state index contributed by atoms with van der Waals surface area (Å²) in [5.41, 5.74) is -1.06. The molecule has 0 aromatic rings. The first-order valence-electron chi connectivity index (χ1n) is 9.23. The summed E-state index contributed by atoms with van der Waals surface area (Å²) in [6, 6.07) is 0. The van der Waals surface area contributed by atoms with Gasteiger partial charge in [0.15, 0.2) is 11.8 Å². The molecule has 180 valence electrons. The molecular weight excluding hydrogens is 446 g/mol. The minimum absolute atomic E-state index is 0.273. The number of carbonyl (C=O) groups is 2. The summed E-state index contributed by atoms with van der Waals surface area (Å²) < 4.78 is 46.3. The van der Waals surface area contributed by atoms with E-state index in [2.05, 4.69) is 28.2 Å². The zero-order chi connectivity index (χ0) is 23.6. The van der Waals surface area contributed by atoms with E-state index in [1.165, 1.54) is 14.2 Å². The molecule has 14 heteroatoms. The molecule has 1 atom stereocenters. The summed E-state index contributed by atoms with van der Waals surface area (Å²) in [6.45, 7) is 4.17. The molecule has 30 heavy (non-hydrogen) atoms. The Morgan fingerprint density at radius 1 is 0.900 bits per heavy atom. The number of unbranched alkanes of at least 4 members (excludes halogenated alkanes) is 2. The number of carboxylic acid groups (broad SMARTS) is 1. The Balaban J connectivity index is 0. The number of aliphatic carboxylic acids is 1. The molecule has 0 aliphatic carbocycles. The van der Waals surface area contributed by atoms with Crippen molar-refractivity contribution in [2.45, 2.75) is 51.6 Å². The van der Waals surface area contributed by atoms with Crippen LogP contribution in [-0.2, 0) is 51.6 Å². The van der Waals surface area contributed by atoms with Crippen LogP contribution in [-0.4, -0.2) is 63.9 Å². The standard InChI is InChI=1S/C8H17O7P.C8H17O5P/c1-4-5-6-13-8(9)7-16(10,14-11-2)15-12-3;1-4-5-6-7(8(9)10)14(11,12-2)13-3/h4-7H2,1-3H3;7H,4-6H2,1-3H3,(H,9,10). The van der Waals surface area contributed by atoms with Crippen LogP contribution in [0.2, 0.25) is 0 Å². The van der Waals surface area contributed by atoms with Crippen LogP contribution in [0.15, 0.2) is 0 Å². The first-order valence-corrected chi connectivity index (χ1v) is 12.6. The van der Waals surface area contributed by atoms with Crippen molar-refractivity contribution in [1.82, 2.24) is 0 Å². The third kappa shape index (κ3) is 13.5. The van der Waals surface area contributed by atoms with Gasteiger partial charge in [-0.3, -0.25) is 18.7 Å². The molecule has 0 fully saturated rings. The van der Waals surface area contributed by atoms with Gasteiger partial charge in [-0.15, -0.1) is 9.35 Å². The molecule has 12 nitrogen and oxygen atoms in total. The van der Waals surface area contributed by atoms with E-state index < -0.39 is 39.0 Å². The molecule has 0 rings (SSSR count). The lowest BCUT2D eigenvalue weighted by atomic mass is 10.2. The molecule has 1 unspecified atom stereocenters. The maximum absolute atomic E-state index is 11.8. The largest absolute Gasteiger partial charge is 0.481 e. The van der Waals surface area contributed by atoms with Crippen LogP contribution >= 0.6 is 15.2 Å². The van der Waals surface area contributed by atoms with Crippen molar-refractivity contribution in [3.63, 3.8) is 0 Å². The van der Waals surface area contributed by atoms with E-state index >= 15 is 0 Å². The summed E-state index contributed by atoms with van der Waals surface area (Å²) >= 11 is 0. The number of hydrogen-bond donors (Lipinski definition) is 1. The van der Waals surface area contributed by atoms with Crippen molar-refractivity contribution in [2.24, 2.45) is 0 Å². The highest BCUT2D eigenvalue weighted by Gasteiger charge is 2.39. The molecule has 0 amide bonds. The minimum Gasteiger partial charge on any atom is -0.481 e. The summed E-state index contributed by atoms with van der Waals surface area (Å²) in [7, 11) is -2.52. The Bertz CT molecular complexity index is 550. The fourth-order valence-electron chi connectivity index (χ4n) is 1.97. The van der Waals surface area contributed by atoms with Crippen LogP contribution in [0, 0.1) is 0 Å². The minimum atomic E-state index is -3.74. The van der Waals surface area contributed by atoms with E-state index in [1.807, 2.05) is 13.8 Å². The van der Waals surface area contributed by atoms with E-state index in [1.54, 1.807) is 0 Å². The molecule has 0 saturated carbocycles. The highest BCUT2D eigenvalue weighted by atomic mass is 31.2. The van der Waals surface area contributed by atoms with Gasteiger partial charge in [0.05, 0.1) is 20.8 Å². The maximum Gasteiger partial charge on any atom is 0.395 e. The normalized spacial score (nSPS) is 12.6. The molecule has 0 saturated heterocycles. The van der Waals surface area contributed by atoms with Crippen molar-refractivity contribution in [2.75, 3.05) is 41.2 Å². The van der Waals surface area contributed by atoms with Crippen molar-refractivity contribution in [3.05, 3.63) is 0 Å². The van der Waals surface area contributed by atoms with Crippen LogP contribution in [0.25, 0.3) is 0 Å². The van der Waals surface area contributed by atoms with Crippen LogP contribution in [0.4, 0.5) is 0 Å². The fourth-order valence-corrected chi connectivity index (χ4v) is 4.39. The van der Waals surface area contributed by atoms with Gasteiger partial charge in [-0.25, -0.2) is 9.78 Å². The van der Waals surface area contributed by atoms with Crippen LogP contribution in [0.5, 0.6) is 0 Å². The van der Waals surface area contributed by atoms with Gasteiger partial charge < -0.3 is 18.9 Å². The highest BCUT2D eigenvalue weighted by Crippen LogP contribution is 2.53. The van der Waals surface area contributed by atoms with E-state index in [0.29, 0.717) is 12.8 Å². The Kier molecular flexibility index (Phi) is 18.6. The second-order valence-corrected chi connectivity index (χ2v) is 10.00. The monoisotopic (exact) mass is 480 g/mol. The fraction of sp³-hybridized carbons (Fsp3) is 0.875. The summed E-state index contributed by atoms with van der Waals surface area (Å²) in [4.78, 5) is 30.5. The smallest absolute Gasteiger partial charge is 0.395 e. The van der Waals surface area contributed by atoms with Crippen LogP contribution < -0.4 is 0 Å². The Morgan fingerprint density at radius 3 is 1.77 bits per heavy atom. The van der Waals surface area contributed by atoms with E-state index in [4.69, 9.17) is 9.84 Å². The van der Waals surface area contributed by atoms with E-state index in [9.17, 15) is 18.7 Å². The Morgan fingerprint density at radius 2 is 1.40 bits per heavy atom. The Hall–Kier alpha value is -0.840. The lowest BCUT2D eigenvalue weighted by molar-refractivity contribution is -0.242. The molecule has 0 aromatic carbocycles. The lowest BCUT2D eigenvalue weighted by Crippen LogP contribution is -2.22. The molecule has 0 aliphatic rings. The van der Waals surface area contributed by atoms with Gasteiger partial charge in [-0.2, -0.15) is 0 Å². The number of carboxylic acids is 1. The molecular formula is C16H34O12P2. The van der Waals surface area contributed by atoms with Gasteiger partial charge in [0, 0.05) is 14.2 Å². The third-order valence-electron chi connectivity index (χ3n) is 3.47. The van der Waals surface area contributed by atoms with E-state index in [-0.39, 0.29) is 6.61 Å². The molecule has 0 aliphatic heterocycles. The summed E-state index contributed by atoms with van der Waals surface area (Å²) in [5, 5.41) is 8.87. The Labute approximate surface area is 177 Å². The average molecular weight is 480 g/mol. The van der Waals surface area contributed by atoms with Crippen LogP contribution in [0.3, 0.4) is 0 Å². The number of esters is 1. The molecule has 0 aromatic heterocycles.